The van der Waals surface area contributed by atoms with Crippen molar-refractivity contribution < 1.29 is 4.39 Å². The Hall–Kier alpha value is -0.930. The molecule has 1 aliphatic heterocycles. The maximum absolute atomic E-state index is 14.0. The van der Waals surface area contributed by atoms with Crippen LogP contribution in [0.25, 0.3) is 0 Å². The molecule has 2 nitrogen and oxygen atoms in total. The fourth-order valence-electron chi connectivity index (χ4n) is 3.62. The number of hydrogen-bond acceptors (Lipinski definition) is 2. The molecule has 0 amide bonds. The standard InChI is InChI=1S/C17H25FN2/c1-12(2)19-9-13-4-6-17(18)15(7-13)11-20-10-14-3-5-16(20)8-14/h4,6-7,12,14,16,19H,3,5,8-11H2,1-2H3. The van der Waals surface area contributed by atoms with Crippen LogP contribution in [0, 0.1) is 11.7 Å². The van der Waals surface area contributed by atoms with Crippen LogP contribution in [-0.2, 0) is 13.1 Å². The van der Waals surface area contributed by atoms with E-state index in [2.05, 4.69) is 24.1 Å². The van der Waals surface area contributed by atoms with Gasteiger partial charge < -0.3 is 5.32 Å². The van der Waals surface area contributed by atoms with Crippen LogP contribution in [0.4, 0.5) is 4.39 Å². The van der Waals surface area contributed by atoms with Crippen LogP contribution < -0.4 is 5.32 Å². The van der Waals surface area contributed by atoms with E-state index in [1.807, 2.05) is 12.1 Å². The Labute approximate surface area is 121 Å². The van der Waals surface area contributed by atoms with Crippen molar-refractivity contribution in [2.75, 3.05) is 6.54 Å². The molecule has 1 saturated carbocycles. The van der Waals surface area contributed by atoms with Gasteiger partial charge in [-0.25, -0.2) is 4.39 Å². The number of benzene rings is 1. The molecule has 20 heavy (non-hydrogen) atoms. The monoisotopic (exact) mass is 276 g/mol. The lowest BCUT2D eigenvalue weighted by Crippen LogP contribution is -2.31. The zero-order valence-corrected chi connectivity index (χ0v) is 12.5. The van der Waals surface area contributed by atoms with Gasteiger partial charge in [0.1, 0.15) is 5.82 Å². The molecule has 0 spiro atoms. The van der Waals surface area contributed by atoms with Gasteiger partial charge in [-0.1, -0.05) is 26.0 Å². The average Bonchev–Trinajstić information content (AvgIpc) is 3.02. The molecule has 1 saturated heterocycles. The van der Waals surface area contributed by atoms with E-state index in [0.717, 1.165) is 24.6 Å². The van der Waals surface area contributed by atoms with Gasteiger partial charge in [0.15, 0.2) is 0 Å². The highest BCUT2D eigenvalue weighted by Gasteiger charge is 2.37. The van der Waals surface area contributed by atoms with Gasteiger partial charge >= 0.3 is 0 Å². The first-order valence-electron chi connectivity index (χ1n) is 7.86. The number of halogens is 1. The van der Waals surface area contributed by atoms with Crippen molar-refractivity contribution in [2.24, 2.45) is 5.92 Å². The Bertz CT molecular complexity index is 472. The summed E-state index contributed by atoms with van der Waals surface area (Å²) >= 11 is 0. The van der Waals surface area contributed by atoms with Gasteiger partial charge in [-0.05, 0) is 36.8 Å². The van der Waals surface area contributed by atoms with Crippen LogP contribution in [-0.4, -0.2) is 23.5 Å². The van der Waals surface area contributed by atoms with Gasteiger partial charge in [0.2, 0.25) is 0 Å². The first-order chi connectivity index (χ1) is 9.61. The molecule has 1 aromatic carbocycles. The Balaban J connectivity index is 1.67. The van der Waals surface area contributed by atoms with Crippen LogP contribution in [0.1, 0.15) is 44.2 Å². The van der Waals surface area contributed by atoms with Crippen LogP contribution >= 0.6 is 0 Å². The summed E-state index contributed by atoms with van der Waals surface area (Å²) in [6.45, 7) is 7.02. The molecule has 1 aliphatic carbocycles. The van der Waals surface area contributed by atoms with Crippen LogP contribution in [0.5, 0.6) is 0 Å². The highest BCUT2D eigenvalue weighted by atomic mass is 19.1. The minimum absolute atomic E-state index is 0.0546. The molecule has 2 aliphatic rings. The highest BCUT2D eigenvalue weighted by molar-refractivity contribution is 5.25. The van der Waals surface area contributed by atoms with Crippen molar-refractivity contribution in [3.8, 4) is 0 Å². The largest absolute Gasteiger partial charge is 0.310 e. The summed E-state index contributed by atoms with van der Waals surface area (Å²) in [7, 11) is 0. The summed E-state index contributed by atoms with van der Waals surface area (Å²) in [6.07, 6.45) is 4.01. The van der Waals surface area contributed by atoms with Gasteiger partial charge in [0.25, 0.3) is 0 Å². The molecule has 1 aromatic rings. The van der Waals surface area contributed by atoms with Crippen molar-refractivity contribution in [2.45, 2.75) is 58.3 Å². The maximum atomic E-state index is 14.0. The van der Waals surface area contributed by atoms with Crippen molar-refractivity contribution in [3.05, 3.63) is 35.1 Å². The van der Waals surface area contributed by atoms with Crippen LogP contribution in [0.2, 0.25) is 0 Å². The minimum atomic E-state index is -0.0546. The molecule has 2 unspecified atom stereocenters. The predicted molar refractivity (Wildman–Crippen MR) is 79.9 cm³/mol. The SMILES string of the molecule is CC(C)NCc1ccc(F)c(CN2CC3CCC2C3)c1. The van der Waals surface area contributed by atoms with Crippen LogP contribution in [0.15, 0.2) is 18.2 Å². The summed E-state index contributed by atoms with van der Waals surface area (Å²) in [5.74, 6) is 0.815. The minimum Gasteiger partial charge on any atom is -0.310 e. The van der Waals surface area contributed by atoms with E-state index in [1.165, 1.54) is 31.4 Å². The lowest BCUT2D eigenvalue weighted by molar-refractivity contribution is 0.203. The summed E-state index contributed by atoms with van der Waals surface area (Å²) in [5, 5.41) is 3.39. The molecule has 3 heteroatoms. The molecular weight excluding hydrogens is 251 g/mol. The fourth-order valence-corrected chi connectivity index (χ4v) is 3.62. The fraction of sp³-hybridized carbons (Fsp3) is 0.647. The predicted octanol–water partition coefficient (Wildman–Crippen LogP) is 3.31. The molecule has 3 rings (SSSR count). The van der Waals surface area contributed by atoms with Crippen molar-refractivity contribution in [1.82, 2.24) is 10.2 Å². The summed E-state index contributed by atoms with van der Waals surface area (Å²) in [4.78, 5) is 2.48. The molecule has 0 radical (unpaired) electrons. The topological polar surface area (TPSA) is 15.3 Å². The summed E-state index contributed by atoms with van der Waals surface area (Å²) in [6, 6.07) is 6.72. The van der Waals surface area contributed by atoms with E-state index < -0.39 is 0 Å². The van der Waals surface area contributed by atoms with E-state index in [0.29, 0.717) is 12.1 Å². The smallest absolute Gasteiger partial charge is 0.127 e. The zero-order valence-electron chi connectivity index (χ0n) is 12.5. The molecule has 0 aromatic heterocycles. The Morgan fingerprint density at radius 2 is 2.20 bits per heavy atom. The van der Waals surface area contributed by atoms with Crippen molar-refractivity contribution in [3.63, 3.8) is 0 Å². The van der Waals surface area contributed by atoms with Gasteiger partial charge in [-0.3, -0.25) is 4.90 Å². The van der Waals surface area contributed by atoms with Crippen LogP contribution in [0.3, 0.4) is 0 Å². The number of nitrogens with one attached hydrogen (secondary N) is 1. The first-order valence-corrected chi connectivity index (χ1v) is 7.86. The molecule has 1 heterocycles. The van der Waals surface area contributed by atoms with E-state index in [9.17, 15) is 4.39 Å². The first kappa shape index (κ1) is 14.0. The second kappa shape index (κ2) is 5.82. The third kappa shape index (κ3) is 3.04. The summed E-state index contributed by atoms with van der Waals surface area (Å²) in [5.41, 5.74) is 2.04. The molecule has 2 bridgehead atoms. The van der Waals surface area contributed by atoms with Gasteiger partial charge in [-0.15, -0.1) is 0 Å². The molecular formula is C17H25FN2. The number of nitrogens with zero attached hydrogens (tertiary/aromatic N) is 1. The van der Waals surface area contributed by atoms with Gasteiger partial charge in [0.05, 0.1) is 0 Å². The van der Waals surface area contributed by atoms with E-state index in [4.69, 9.17) is 0 Å². The molecule has 110 valence electrons. The lowest BCUT2D eigenvalue weighted by atomic mass is 10.1. The zero-order chi connectivity index (χ0) is 14.1. The quantitative estimate of drug-likeness (QED) is 0.887. The third-order valence-corrected chi connectivity index (χ3v) is 4.72. The molecule has 2 fully saturated rings. The number of piperidine rings is 1. The summed E-state index contributed by atoms with van der Waals surface area (Å²) < 4.78 is 14.0. The number of likely N-dealkylation sites (tertiary alicyclic amines) is 1. The van der Waals surface area contributed by atoms with E-state index >= 15 is 0 Å². The number of rotatable bonds is 5. The second-order valence-electron chi connectivity index (χ2n) is 6.72. The van der Waals surface area contributed by atoms with Crippen molar-refractivity contribution in [1.29, 1.82) is 0 Å². The number of hydrogen-bond donors (Lipinski definition) is 1. The third-order valence-electron chi connectivity index (χ3n) is 4.72. The average molecular weight is 276 g/mol. The lowest BCUT2D eigenvalue weighted by Gasteiger charge is -2.27. The molecule has 2 atom stereocenters. The Morgan fingerprint density at radius 1 is 1.35 bits per heavy atom. The number of fused-ring (bicyclic) bond motifs is 2. The molecule has 1 N–H and O–H groups in total. The Kier molecular flexibility index (Phi) is 4.08. The van der Waals surface area contributed by atoms with Gasteiger partial charge in [-0.2, -0.15) is 0 Å². The highest BCUT2D eigenvalue weighted by Crippen LogP contribution is 2.38. The van der Waals surface area contributed by atoms with E-state index in [1.54, 1.807) is 6.07 Å². The van der Waals surface area contributed by atoms with Gasteiger partial charge in [0, 0.05) is 37.3 Å². The van der Waals surface area contributed by atoms with Crippen molar-refractivity contribution >= 4 is 0 Å². The Morgan fingerprint density at radius 3 is 2.85 bits per heavy atom. The maximum Gasteiger partial charge on any atom is 0.127 e. The second-order valence-corrected chi connectivity index (χ2v) is 6.72. The van der Waals surface area contributed by atoms with E-state index in [-0.39, 0.29) is 5.82 Å². The normalized spacial score (nSPS) is 25.8.